The molecule has 2 aromatic heterocycles. The Kier molecular flexibility index (Phi) is 5.02. The molecule has 1 saturated carbocycles. The Labute approximate surface area is 171 Å². The molecule has 2 aromatic rings. The predicted octanol–water partition coefficient (Wildman–Crippen LogP) is 2.38. The third-order valence-corrected chi connectivity index (χ3v) is 7.07. The van der Waals surface area contributed by atoms with E-state index in [0.29, 0.717) is 23.1 Å². The maximum atomic E-state index is 12.5. The number of nitrogens with one attached hydrogen (secondary N) is 1. The molecule has 0 aromatic carbocycles. The van der Waals surface area contributed by atoms with Crippen molar-refractivity contribution in [2.24, 2.45) is 11.8 Å². The number of H-pyrrole nitrogens is 1. The molecule has 8 nitrogen and oxygen atoms in total. The molecule has 3 atom stereocenters. The topological polar surface area (TPSA) is 109 Å². The Bertz CT molecular complexity index is 1050. The summed E-state index contributed by atoms with van der Waals surface area (Å²) in [6, 6.07) is 0. The first-order valence-corrected chi connectivity index (χ1v) is 10.6. The van der Waals surface area contributed by atoms with Gasteiger partial charge in [0.25, 0.3) is 5.56 Å². The molecule has 0 unspecified atom stereocenters. The minimum absolute atomic E-state index is 0.241. The highest BCUT2D eigenvalue weighted by atomic mass is 32.1. The van der Waals surface area contributed by atoms with E-state index >= 15 is 0 Å². The van der Waals surface area contributed by atoms with Gasteiger partial charge in [-0.3, -0.25) is 24.1 Å². The highest BCUT2D eigenvalue weighted by molar-refractivity contribution is 7.18. The fourth-order valence-electron chi connectivity index (χ4n) is 4.27. The molecule has 1 N–H and O–H groups in total. The van der Waals surface area contributed by atoms with E-state index in [2.05, 4.69) is 9.97 Å². The number of nitrogens with zero attached hydrogens (tertiary/aromatic N) is 2. The Balaban J connectivity index is 1.47. The summed E-state index contributed by atoms with van der Waals surface area (Å²) in [7, 11) is 0. The van der Waals surface area contributed by atoms with Crippen LogP contribution in [0.4, 0.5) is 0 Å². The molecular formula is C20H23N3O5S. The quantitative estimate of drug-likeness (QED) is 0.604. The van der Waals surface area contributed by atoms with Gasteiger partial charge in [-0.05, 0) is 39.2 Å². The molecule has 29 heavy (non-hydrogen) atoms. The van der Waals surface area contributed by atoms with Crippen molar-refractivity contribution in [3.8, 4) is 0 Å². The van der Waals surface area contributed by atoms with Crippen LogP contribution in [0.5, 0.6) is 0 Å². The average molecular weight is 417 g/mol. The molecule has 1 aliphatic carbocycles. The molecule has 2 aliphatic rings. The van der Waals surface area contributed by atoms with Gasteiger partial charge in [0.15, 0.2) is 11.9 Å². The van der Waals surface area contributed by atoms with E-state index in [1.54, 1.807) is 6.92 Å². The van der Waals surface area contributed by atoms with Crippen molar-refractivity contribution < 1.29 is 19.1 Å². The van der Waals surface area contributed by atoms with E-state index in [0.717, 1.165) is 28.2 Å². The molecular weight excluding hydrogens is 394 g/mol. The van der Waals surface area contributed by atoms with Crippen LogP contribution < -0.4 is 5.56 Å². The SMILES string of the molecule is Cc1sc2nc([C@@H](C)OC(=O)CN3C(=O)[C@H]4CCCC[C@@H]4C3=O)[nH]c(=O)c2c1C. The lowest BCUT2D eigenvalue weighted by molar-refractivity contribution is -0.156. The van der Waals surface area contributed by atoms with E-state index in [4.69, 9.17) is 4.74 Å². The van der Waals surface area contributed by atoms with Crippen molar-refractivity contribution in [1.29, 1.82) is 0 Å². The van der Waals surface area contributed by atoms with Crippen LogP contribution in [-0.2, 0) is 19.1 Å². The Morgan fingerprint density at radius 1 is 1.21 bits per heavy atom. The van der Waals surface area contributed by atoms with Crippen molar-refractivity contribution in [2.45, 2.75) is 52.6 Å². The third kappa shape index (κ3) is 3.37. The molecule has 2 fully saturated rings. The second kappa shape index (κ2) is 7.37. The van der Waals surface area contributed by atoms with Gasteiger partial charge in [0.05, 0.1) is 17.2 Å². The van der Waals surface area contributed by atoms with Crippen molar-refractivity contribution >= 4 is 39.3 Å². The lowest BCUT2D eigenvalue weighted by Crippen LogP contribution is -2.37. The summed E-state index contributed by atoms with van der Waals surface area (Å²) in [4.78, 5) is 59.6. The summed E-state index contributed by atoms with van der Waals surface area (Å²) in [5.74, 6) is -1.60. The van der Waals surface area contributed by atoms with Gasteiger partial charge in [-0.15, -0.1) is 11.3 Å². The average Bonchev–Trinajstić information content (AvgIpc) is 3.10. The minimum Gasteiger partial charge on any atom is -0.453 e. The van der Waals surface area contributed by atoms with Gasteiger partial charge in [0, 0.05) is 4.88 Å². The molecule has 0 radical (unpaired) electrons. The number of carbonyl (C=O) groups excluding carboxylic acids is 3. The first kappa shape index (κ1) is 19.8. The second-order valence-corrected chi connectivity index (χ2v) is 9.01. The molecule has 1 saturated heterocycles. The van der Waals surface area contributed by atoms with Gasteiger partial charge in [-0.25, -0.2) is 4.98 Å². The van der Waals surface area contributed by atoms with Crippen molar-refractivity contribution in [2.75, 3.05) is 6.54 Å². The molecule has 1 aliphatic heterocycles. The summed E-state index contributed by atoms with van der Waals surface area (Å²) in [6.45, 7) is 4.99. The summed E-state index contributed by atoms with van der Waals surface area (Å²) >= 11 is 1.41. The number of amides is 2. The molecule has 2 amide bonds. The number of aromatic nitrogens is 2. The first-order valence-electron chi connectivity index (χ1n) is 9.82. The lowest BCUT2D eigenvalue weighted by Gasteiger charge is -2.19. The third-order valence-electron chi connectivity index (χ3n) is 5.97. The maximum Gasteiger partial charge on any atom is 0.326 e. The van der Waals surface area contributed by atoms with Crippen LogP contribution in [0, 0.1) is 25.7 Å². The minimum atomic E-state index is -0.808. The number of rotatable bonds is 4. The van der Waals surface area contributed by atoms with Crippen LogP contribution >= 0.6 is 11.3 Å². The standard InChI is InChI=1S/C20H23N3O5S/c1-9-11(3)29-18-15(9)17(25)21-16(22-18)10(2)28-14(24)8-23-19(26)12-6-4-5-7-13(12)20(23)27/h10,12-13H,4-8H2,1-3H3,(H,21,22,25)/t10-,12+,13+/m1/s1. The van der Waals surface area contributed by atoms with Crippen molar-refractivity contribution in [3.05, 3.63) is 26.6 Å². The fraction of sp³-hybridized carbons (Fsp3) is 0.550. The smallest absolute Gasteiger partial charge is 0.326 e. The first-order chi connectivity index (χ1) is 13.8. The zero-order valence-corrected chi connectivity index (χ0v) is 17.4. The molecule has 0 bridgehead atoms. The van der Waals surface area contributed by atoms with Gasteiger partial charge in [-0.1, -0.05) is 12.8 Å². The number of imide groups is 1. The summed E-state index contributed by atoms with van der Waals surface area (Å²) < 4.78 is 5.38. The fourth-order valence-corrected chi connectivity index (χ4v) is 5.31. The number of hydrogen-bond acceptors (Lipinski definition) is 7. The van der Waals surface area contributed by atoms with Crippen LogP contribution in [0.2, 0.25) is 0 Å². The Morgan fingerprint density at radius 2 is 1.83 bits per heavy atom. The Morgan fingerprint density at radius 3 is 2.45 bits per heavy atom. The number of esters is 1. The van der Waals surface area contributed by atoms with Crippen LogP contribution in [0.25, 0.3) is 10.2 Å². The lowest BCUT2D eigenvalue weighted by atomic mass is 9.81. The van der Waals surface area contributed by atoms with Crippen molar-refractivity contribution in [1.82, 2.24) is 14.9 Å². The monoisotopic (exact) mass is 417 g/mol. The number of ether oxygens (including phenoxy) is 1. The van der Waals surface area contributed by atoms with Gasteiger partial charge < -0.3 is 9.72 Å². The normalized spacial score (nSPS) is 22.8. The zero-order valence-electron chi connectivity index (χ0n) is 16.6. The van der Waals surface area contributed by atoms with Gasteiger partial charge >= 0.3 is 5.97 Å². The Hall–Kier alpha value is -2.55. The van der Waals surface area contributed by atoms with Crippen LogP contribution in [0.15, 0.2) is 4.79 Å². The highest BCUT2D eigenvalue weighted by Crippen LogP contribution is 2.38. The van der Waals surface area contributed by atoms with Gasteiger partial charge in [0.1, 0.15) is 11.4 Å². The van der Waals surface area contributed by atoms with Gasteiger partial charge in [0.2, 0.25) is 11.8 Å². The summed E-state index contributed by atoms with van der Waals surface area (Å²) in [5.41, 5.74) is 0.617. The van der Waals surface area contributed by atoms with Gasteiger partial charge in [-0.2, -0.15) is 0 Å². The van der Waals surface area contributed by atoms with E-state index in [1.807, 2.05) is 13.8 Å². The number of thiophene rings is 1. The van der Waals surface area contributed by atoms with E-state index in [1.165, 1.54) is 11.3 Å². The van der Waals surface area contributed by atoms with Crippen molar-refractivity contribution in [3.63, 3.8) is 0 Å². The number of hydrogen-bond donors (Lipinski definition) is 1. The summed E-state index contributed by atoms with van der Waals surface area (Å²) in [6.07, 6.45) is 2.44. The second-order valence-electron chi connectivity index (χ2n) is 7.81. The molecule has 3 heterocycles. The molecule has 4 rings (SSSR count). The number of carbonyl (C=O) groups is 3. The largest absolute Gasteiger partial charge is 0.453 e. The summed E-state index contributed by atoms with van der Waals surface area (Å²) in [5, 5.41) is 0.547. The highest BCUT2D eigenvalue weighted by Gasteiger charge is 2.48. The number of aromatic amines is 1. The molecule has 0 spiro atoms. The van der Waals surface area contributed by atoms with Crippen LogP contribution in [0.3, 0.4) is 0 Å². The van der Waals surface area contributed by atoms with E-state index in [-0.39, 0.29) is 35.0 Å². The van der Waals surface area contributed by atoms with Crippen LogP contribution in [0.1, 0.15) is 55.0 Å². The van der Waals surface area contributed by atoms with E-state index in [9.17, 15) is 19.2 Å². The maximum absolute atomic E-state index is 12.5. The zero-order chi connectivity index (χ0) is 20.9. The van der Waals surface area contributed by atoms with Crippen LogP contribution in [-0.4, -0.2) is 39.2 Å². The molecule has 9 heteroatoms. The number of aryl methyl sites for hydroxylation is 2. The molecule has 154 valence electrons. The van der Waals surface area contributed by atoms with E-state index < -0.39 is 18.6 Å². The number of fused-ring (bicyclic) bond motifs is 2. The number of likely N-dealkylation sites (tertiary alicyclic amines) is 1. The predicted molar refractivity (Wildman–Crippen MR) is 106 cm³/mol.